The van der Waals surface area contributed by atoms with Crippen molar-refractivity contribution < 1.29 is 4.74 Å². The highest BCUT2D eigenvalue weighted by Gasteiger charge is 2.24. The lowest BCUT2D eigenvalue weighted by Crippen LogP contribution is -2.27. The largest absolute Gasteiger partial charge is 0.457 e. The molecule has 0 bridgehead atoms. The number of anilines is 2. The third kappa shape index (κ3) is 3.36. The summed E-state index contributed by atoms with van der Waals surface area (Å²) < 4.78 is 7.70. The van der Waals surface area contributed by atoms with Crippen LogP contribution in [0.1, 0.15) is 5.56 Å². The smallest absolute Gasteiger partial charge is 0.130 e. The van der Waals surface area contributed by atoms with Gasteiger partial charge in [0.15, 0.2) is 0 Å². The van der Waals surface area contributed by atoms with Crippen molar-refractivity contribution in [1.29, 1.82) is 0 Å². The average Bonchev–Trinajstić information content (AvgIpc) is 3.37. The first-order valence-electron chi connectivity index (χ1n) is 9.21. The number of nitrogens with zero attached hydrogens (tertiary/aromatic N) is 4. The Morgan fingerprint density at radius 1 is 1.03 bits per heavy atom. The number of benzene rings is 2. The van der Waals surface area contributed by atoms with E-state index in [4.69, 9.17) is 10.5 Å². The molecule has 0 aliphatic carbocycles. The number of thiophene rings is 1. The van der Waals surface area contributed by atoms with Crippen molar-refractivity contribution in [3.63, 3.8) is 0 Å². The van der Waals surface area contributed by atoms with Gasteiger partial charge in [-0.05, 0) is 42.5 Å². The molecular formula is C22H19N5OS. The lowest BCUT2D eigenvalue weighted by Gasteiger charge is -2.26. The van der Waals surface area contributed by atoms with Gasteiger partial charge in [-0.1, -0.05) is 18.2 Å². The van der Waals surface area contributed by atoms with Crippen LogP contribution in [0.25, 0.3) is 10.4 Å². The molecule has 1 aliphatic heterocycles. The zero-order chi connectivity index (χ0) is 19.8. The number of hydrogen-bond donors (Lipinski definition) is 1. The van der Waals surface area contributed by atoms with Gasteiger partial charge in [0.2, 0.25) is 0 Å². The fourth-order valence-corrected chi connectivity index (χ4v) is 4.43. The Hall–Kier alpha value is -3.58. The van der Waals surface area contributed by atoms with Crippen LogP contribution in [0, 0.1) is 0 Å². The van der Waals surface area contributed by atoms with E-state index in [1.54, 1.807) is 16.0 Å². The van der Waals surface area contributed by atoms with Crippen molar-refractivity contribution in [2.24, 2.45) is 17.8 Å². The standard InChI is InChI=1S/C22H19N5OS/c1-26-13-15(12-25-26)20-11-19-21(23)24-14-27(22(19)29-20)16-7-9-18(10-8-16)28-17-5-3-2-4-6-17/h2-13H,14H2,1H3,(H2,23,24). The summed E-state index contributed by atoms with van der Waals surface area (Å²) >= 11 is 1.70. The molecule has 144 valence electrons. The predicted molar refractivity (Wildman–Crippen MR) is 117 cm³/mol. The van der Waals surface area contributed by atoms with E-state index >= 15 is 0 Å². The molecule has 2 aromatic heterocycles. The lowest BCUT2D eigenvalue weighted by atomic mass is 10.2. The van der Waals surface area contributed by atoms with Crippen LogP contribution in [-0.4, -0.2) is 22.3 Å². The average molecular weight is 401 g/mol. The fraction of sp³-hybridized carbons (Fsp3) is 0.0909. The van der Waals surface area contributed by atoms with Gasteiger partial charge in [-0.3, -0.25) is 4.68 Å². The number of ether oxygens (including phenoxy) is 1. The molecule has 5 rings (SSSR count). The first-order chi connectivity index (χ1) is 14.2. The van der Waals surface area contributed by atoms with E-state index < -0.39 is 0 Å². The first-order valence-corrected chi connectivity index (χ1v) is 10.0. The van der Waals surface area contributed by atoms with Crippen LogP contribution in [-0.2, 0) is 7.05 Å². The monoisotopic (exact) mass is 401 g/mol. The predicted octanol–water partition coefficient (Wildman–Crippen LogP) is 4.76. The quantitative estimate of drug-likeness (QED) is 0.536. The van der Waals surface area contributed by atoms with E-state index in [1.165, 1.54) is 0 Å². The molecule has 1 aliphatic rings. The maximum Gasteiger partial charge on any atom is 0.130 e. The van der Waals surface area contributed by atoms with Crippen molar-refractivity contribution in [2.75, 3.05) is 11.6 Å². The fourth-order valence-electron chi connectivity index (χ4n) is 3.27. The summed E-state index contributed by atoms with van der Waals surface area (Å²) in [5, 5.41) is 5.36. The van der Waals surface area contributed by atoms with E-state index in [2.05, 4.69) is 21.1 Å². The molecule has 0 saturated heterocycles. The number of aryl methyl sites for hydroxylation is 1. The molecule has 6 nitrogen and oxygen atoms in total. The summed E-state index contributed by atoms with van der Waals surface area (Å²) in [6, 6.07) is 19.9. The molecule has 7 heteroatoms. The highest BCUT2D eigenvalue weighted by Crippen LogP contribution is 2.42. The summed E-state index contributed by atoms with van der Waals surface area (Å²) in [6.45, 7) is 0.491. The molecule has 0 saturated carbocycles. The molecule has 3 heterocycles. The number of aromatic nitrogens is 2. The lowest BCUT2D eigenvalue weighted by molar-refractivity contribution is 0.482. The Kier molecular flexibility index (Phi) is 4.29. The van der Waals surface area contributed by atoms with Crippen molar-refractivity contribution in [1.82, 2.24) is 9.78 Å². The third-order valence-electron chi connectivity index (χ3n) is 4.73. The van der Waals surface area contributed by atoms with Gasteiger partial charge < -0.3 is 15.4 Å². The summed E-state index contributed by atoms with van der Waals surface area (Å²) in [5.74, 6) is 2.19. The van der Waals surface area contributed by atoms with E-state index in [0.717, 1.165) is 38.2 Å². The van der Waals surface area contributed by atoms with Crippen LogP contribution in [0.4, 0.5) is 10.7 Å². The zero-order valence-electron chi connectivity index (χ0n) is 15.8. The van der Waals surface area contributed by atoms with Gasteiger partial charge in [0, 0.05) is 29.4 Å². The highest BCUT2D eigenvalue weighted by molar-refractivity contribution is 7.20. The van der Waals surface area contributed by atoms with Crippen LogP contribution < -0.4 is 15.4 Å². The van der Waals surface area contributed by atoms with Crippen LogP contribution in [0.15, 0.2) is 78.0 Å². The van der Waals surface area contributed by atoms with Crippen LogP contribution in [0.3, 0.4) is 0 Å². The maximum atomic E-state index is 6.18. The number of amidine groups is 1. The van der Waals surface area contributed by atoms with Gasteiger partial charge in [0.25, 0.3) is 0 Å². The number of para-hydroxylation sites is 1. The SMILES string of the molecule is Cn1cc(-c2cc3c(s2)N(c2ccc(Oc4ccccc4)cc2)CN=C3N)cn1. The van der Waals surface area contributed by atoms with Crippen LogP contribution in [0.5, 0.6) is 11.5 Å². The van der Waals surface area contributed by atoms with Gasteiger partial charge in [-0.2, -0.15) is 5.10 Å². The van der Waals surface area contributed by atoms with Crippen molar-refractivity contribution in [2.45, 2.75) is 0 Å². The van der Waals surface area contributed by atoms with Crippen molar-refractivity contribution in [3.8, 4) is 21.9 Å². The minimum Gasteiger partial charge on any atom is -0.457 e. The van der Waals surface area contributed by atoms with Crippen LogP contribution in [0.2, 0.25) is 0 Å². The Morgan fingerprint density at radius 3 is 2.52 bits per heavy atom. The number of nitrogens with two attached hydrogens (primary N) is 1. The molecular weight excluding hydrogens is 382 g/mol. The Labute approximate surface area is 172 Å². The Bertz CT molecular complexity index is 1180. The van der Waals surface area contributed by atoms with Crippen LogP contribution >= 0.6 is 11.3 Å². The molecule has 29 heavy (non-hydrogen) atoms. The van der Waals surface area contributed by atoms with Gasteiger partial charge >= 0.3 is 0 Å². The molecule has 0 unspecified atom stereocenters. The molecule has 0 radical (unpaired) electrons. The number of rotatable bonds is 4. The minimum absolute atomic E-state index is 0.491. The van der Waals surface area contributed by atoms with Gasteiger partial charge in [-0.25, -0.2) is 4.99 Å². The highest BCUT2D eigenvalue weighted by atomic mass is 32.1. The second kappa shape index (κ2) is 7.10. The van der Waals surface area contributed by atoms with E-state index in [-0.39, 0.29) is 0 Å². The summed E-state index contributed by atoms with van der Waals surface area (Å²) in [7, 11) is 1.91. The molecule has 0 amide bonds. The number of hydrogen-bond acceptors (Lipinski definition) is 6. The van der Waals surface area contributed by atoms with Gasteiger partial charge in [0.1, 0.15) is 29.0 Å². The number of aliphatic imine (C=N–C) groups is 1. The normalized spacial score (nSPS) is 13.1. The molecule has 2 aromatic carbocycles. The Balaban J connectivity index is 1.44. The molecule has 4 aromatic rings. The van der Waals surface area contributed by atoms with E-state index in [9.17, 15) is 0 Å². The second-order valence-corrected chi connectivity index (χ2v) is 7.78. The Morgan fingerprint density at radius 2 is 1.79 bits per heavy atom. The van der Waals surface area contributed by atoms with E-state index in [0.29, 0.717) is 12.5 Å². The molecule has 0 atom stereocenters. The summed E-state index contributed by atoms with van der Waals surface area (Å²) in [4.78, 5) is 7.80. The molecule has 0 fully saturated rings. The van der Waals surface area contributed by atoms with Crippen molar-refractivity contribution in [3.05, 3.63) is 78.6 Å². The van der Waals surface area contributed by atoms with Gasteiger partial charge in [0.05, 0.1) is 11.8 Å². The first kappa shape index (κ1) is 17.5. The maximum absolute atomic E-state index is 6.18. The molecule has 0 spiro atoms. The van der Waals surface area contributed by atoms with Crippen molar-refractivity contribution >= 4 is 27.9 Å². The summed E-state index contributed by atoms with van der Waals surface area (Å²) in [5.41, 5.74) is 9.26. The summed E-state index contributed by atoms with van der Waals surface area (Å²) in [6.07, 6.45) is 3.87. The minimum atomic E-state index is 0.491. The van der Waals surface area contributed by atoms with E-state index in [1.807, 2.05) is 74.0 Å². The zero-order valence-corrected chi connectivity index (χ0v) is 16.6. The third-order valence-corrected chi connectivity index (χ3v) is 5.94. The molecule has 2 N–H and O–H groups in total. The van der Waals surface area contributed by atoms with Gasteiger partial charge in [-0.15, -0.1) is 11.3 Å². The second-order valence-electron chi connectivity index (χ2n) is 6.75. The number of fused-ring (bicyclic) bond motifs is 1. The topological polar surface area (TPSA) is 68.7 Å².